The van der Waals surface area contributed by atoms with Crippen molar-refractivity contribution >= 4 is 5.91 Å². The van der Waals surface area contributed by atoms with Crippen LogP contribution in [0.2, 0.25) is 0 Å². The molecule has 0 radical (unpaired) electrons. The molecule has 0 saturated carbocycles. The lowest BCUT2D eigenvalue weighted by Gasteiger charge is -2.24. The largest absolute Gasteiger partial charge is 0.354 e. The van der Waals surface area contributed by atoms with Crippen molar-refractivity contribution in [3.63, 3.8) is 0 Å². The third-order valence-electron chi connectivity index (χ3n) is 3.68. The molecule has 4 heteroatoms. The molecule has 0 aliphatic rings. The molecule has 0 spiro atoms. The van der Waals surface area contributed by atoms with Gasteiger partial charge in [0.1, 0.15) is 6.04 Å². The molecule has 0 aliphatic heterocycles. The zero-order valence-electron chi connectivity index (χ0n) is 13.6. The van der Waals surface area contributed by atoms with Crippen LogP contribution in [0.15, 0.2) is 48.8 Å². The van der Waals surface area contributed by atoms with Crippen LogP contribution in [-0.2, 0) is 11.3 Å². The van der Waals surface area contributed by atoms with E-state index >= 15 is 0 Å². The molecule has 1 unspecified atom stereocenters. The van der Waals surface area contributed by atoms with Gasteiger partial charge in [0, 0.05) is 25.5 Å². The molecule has 2 rings (SSSR count). The molecular weight excluding hydrogens is 274 g/mol. The lowest BCUT2D eigenvalue weighted by Crippen LogP contribution is -2.37. The third kappa shape index (κ3) is 4.46. The molecule has 0 bridgehead atoms. The number of nitrogens with zero attached hydrogens (tertiary/aromatic N) is 2. The van der Waals surface area contributed by atoms with E-state index in [0.717, 1.165) is 18.5 Å². The van der Waals surface area contributed by atoms with E-state index in [9.17, 15) is 4.79 Å². The summed E-state index contributed by atoms with van der Waals surface area (Å²) >= 11 is 0. The van der Waals surface area contributed by atoms with Crippen molar-refractivity contribution < 1.29 is 4.79 Å². The summed E-state index contributed by atoms with van der Waals surface area (Å²) in [4.78, 5) is 14.5. The standard InChI is InChI=1S/C18H25N3O/c1-15-8-6-9-16(14-15)17(20(2)3)18(22)19-10-7-13-21-11-4-5-12-21/h4-6,8-9,11-12,14,17H,7,10,13H2,1-3H3,(H,19,22). The number of likely N-dealkylation sites (N-methyl/N-ethyl adjacent to an activating group) is 1. The van der Waals surface area contributed by atoms with Gasteiger partial charge in [-0.1, -0.05) is 29.8 Å². The van der Waals surface area contributed by atoms with E-state index < -0.39 is 0 Å². The maximum absolute atomic E-state index is 12.5. The van der Waals surface area contributed by atoms with Gasteiger partial charge in [-0.2, -0.15) is 0 Å². The molecule has 1 amide bonds. The molecule has 1 heterocycles. The molecule has 118 valence electrons. The van der Waals surface area contributed by atoms with E-state index in [1.807, 2.05) is 68.6 Å². The molecule has 1 aromatic carbocycles. The van der Waals surface area contributed by atoms with Crippen molar-refractivity contribution in [2.45, 2.75) is 25.9 Å². The van der Waals surface area contributed by atoms with Crippen molar-refractivity contribution in [3.8, 4) is 0 Å². The number of hydrogen-bond donors (Lipinski definition) is 1. The van der Waals surface area contributed by atoms with Crippen LogP contribution in [0.25, 0.3) is 0 Å². The Hall–Kier alpha value is -2.07. The number of aryl methyl sites for hydroxylation is 2. The van der Waals surface area contributed by atoms with Gasteiger partial charge in [-0.05, 0) is 45.1 Å². The molecule has 4 nitrogen and oxygen atoms in total. The third-order valence-corrected chi connectivity index (χ3v) is 3.68. The van der Waals surface area contributed by atoms with Gasteiger partial charge in [0.2, 0.25) is 5.91 Å². The van der Waals surface area contributed by atoms with Crippen molar-refractivity contribution in [2.75, 3.05) is 20.6 Å². The predicted molar refractivity (Wildman–Crippen MR) is 89.7 cm³/mol. The number of aromatic nitrogens is 1. The van der Waals surface area contributed by atoms with Gasteiger partial charge in [-0.15, -0.1) is 0 Å². The van der Waals surface area contributed by atoms with E-state index in [1.165, 1.54) is 5.56 Å². The van der Waals surface area contributed by atoms with Crippen molar-refractivity contribution in [3.05, 3.63) is 59.9 Å². The van der Waals surface area contributed by atoms with Crippen LogP contribution in [0.3, 0.4) is 0 Å². The van der Waals surface area contributed by atoms with Crippen LogP contribution >= 0.6 is 0 Å². The lowest BCUT2D eigenvalue weighted by molar-refractivity contribution is -0.125. The molecule has 22 heavy (non-hydrogen) atoms. The van der Waals surface area contributed by atoms with E-state index in [4.69, 9.17) is 0 Å². The molecule has 0 fully saturated rings. The fourth-order valence-electron chi connectivity index (χ4n) is 2.61. The maximum atomic E-state index is 12.5. The minimum absolute atomic E-state index is 0.0584. The average Bonchev–Trinajstić information content (AvgIpc) is 2.97. The Morgan fingerprint density at radius 1 is 1.23 bits per heavy atom. The summed E-state index contributed by atoms with van der Waals surface area (Å²) in [6, 6.07) is 11.9. The minimum atomic E-state index is -0.244. The van der Waals surface area contributed by atoms with Crippen LogP contribution in [0.4, 0.5) is 0 Å². The van der Waals surface area contributed by atoms with Crippen molar-refractivity contribution in [1.82, 2.24) is 14.8 Å². The Balaban J connectivity index is 1.90. The first kappa shape index (κ1) is 16.3. The highest BCUT2D eigenvalue weighted by Crippen LogP contribution is 2.19. The zero-order valence-corrected chi connectivity index (χ0v) is 13.6. The number of carbonyl (C=O) groups is 1. The highest BCUT2D eigenvalue weighted by Gasteiger charge is 2.22. The average molecular weight is 299 g/mol. The molecule has 0 aliphatic carbocycles. The SMILES string of the molecule is Cc1cccc(C(C(=O)NCCCn2cccc2)N(C)C)c1. The van der Waals surface area contributed by atoms with Crippen LogP contribution in [-0.4, -0.2) is 36.0 Å². The lowest BCUT2D eigenvalue weighted by atomic mass is 10.0. The molecular formula is C18H25N3O. The first-order valence-electron chi connectivity index (χ1n) is 7.69. The number of amides is 1. The number of rotatable bonds is 7. The molecule has 1 atom stereocenters. The zero-order chi connectivity index (χ0) is 15.9. The van der Waals surface area contributed by atoms with Crippen LogP contribution in [0.1, 0.15) is 23.6 Å². The fourth-order valence-corrected chi connectivity index (χ4v) is 2.61. The number of benzene rings is 1. The minimum Gasteiger partial charge on any atom is -0.354 e. The summed E-state index contributed by atoms with van der Waals surface area (Å²) in [6.45, 7) is 3.66. The summed E-state index contributed by atoms with van der Waals surface area (Å²) in [5.41, 5.74) is 2.21. The van der Waals surface area contributed by atoms with E-state index in [-0.39, 0.29) is 11.9 Å². The van der Waals surface area contributed by atoms with Crippen LogP contribution in [0, 0.1) is 6.92 Å². The normalized spacial score (nSPS) is 12.4. The van der Waals surface area contributed by atoms with Crippen LogP contribution < -0.4 is 5.32 Å². The predicted octanol–water partition coefficient (Wildman–Crippen LogP) is 2.61. The summed E-state index contributed by atoms with van der Waals surface area (Å²) in [5.74, 6) is 0.0584. The molecule has 0 saturated heterocycles. The van der Waals surface area contributed by atoms with Crippen molar-refractivity contribution in [2.24, 2.45) is 0 Å². The van der Waals surface area contributed by atoms with Gasteiger partial charge in [0.05, 0.1) is 0 Å². The van der Waals surface area contributed by atoms with Gasteiger partial charge in [-0.25, -0.2) is 0 Å². The number of hydrogen-bond acceptors (Lipinski definition) is 2. The van der Waals surface area contributed by atoms with Crippen LogP contribution in [0.5, 0.6) is 0 Å². The first-order chi connectivity index (χ1) is 10.6. The topological polar surface area (TPSA) is 37.3 Å². The number of nitrogens with one attached hydrogen (secondary N) is 1. The quantitative estimate of drug-likeness (QED) is 0.798. The van der Waals surface area contributed by atoms with Gasteiger partial charge < -0.3 is 9.88 Å². The molecule has 2 aromatic rings. The molecule has 1 aromatic heterocycles. The summed E-state index contributed by atoms with van der Waals surface area (Å²) < 4.78 is 2.12. The summed E-state index contributed by atoms with van der Waals surface area (Å²) in [5, 5.41) is 3.05. The van der Waals surface area contributed by atoms with E-state index in [1.54, 1.807) is 0 Å². The van der Waals surface area contributed by atoms with E-state index in [2.05, 4.69) is 16.0 Å². The monoisotopic (exact) mass is 299 g/mol. The van der Waals surface area contributed by atoms with E-state index in [0.29, 0.717) is 6.54 Å². The Kier molecular flexibility index (Phi) is 5.78. The highest BCUT2D eigenvalue weighted by molar-refractivity contribution is 5.83. The second-order valence-electron chi connectivity index (χ2n) is 5.85. The Bertz CT molecular complexity index is 590. The first-order valence-corrected chi connectivity index (χ1v) is 7.69. The second kappa shape index (κ2) is 7.80. The summed E-state index contributed by atoms with van der Waals surface area (Å²) in [6.07, 6.45) is 5.00. The Labute approximate surface area is 132 Å². The summed E-state index contributed by atoms with van der Waals surface area (Å²) in [7, 11) is 3.87. The van der Waals surface area contributed by atoms with Crippen molar-refractivity contribution in [1.29, 1.82) is 0 Å². The Morgan fingerprint density at radius 3 is 2.59 bits per heavy atom. The van der Waals surface area contributed by atoms with Gasteiger partial charge in [-0.3, -0.25) is 9.69 Å². The van der Waals surface area contributed by atoms with Gasteiger partial charge in [0.15, 0.2) is 0 Å². The van der Waals surface area contributed by atoms with Gasteiger partial charge in [0.25, 0.3) is 0 Å². The molecule has 1 N–H and O–H groups in total. The second-order valence-corrected chi connectivity index (χ2v) is 5.85. The fraction of sp³-hybridized carbons (Fsp3) is 0.389. The smallest absolute Gasteiger partial charge is 0.241 e. The Morgan fingerprint density at radius 2 is 1.95 bits per heavy atom. The van der Waals surface area contributed by atoms with Gasteiger partial charge >= 0.3 is 0 Å². The maximum Gasteiger partial charge on any atom is 0.241 e. The highest BCUT2D eigenvalue weighted by atomic mass is 16.2. The number of carbonyl (C=O) groups excluding carboxylic acids is 1.